The zero-order valence-electron chi connectivity index (χ0n) is 24.7. The number of rotatable bonds is 14. The summed E-state index contributed by atoms with van der Waals surface area (Å²) in [6.45, 7) is 29.8. The number of imidazole rings is 1. The van der Waals surface area contributed by atoms with Gasteiger partial charge in [-0.1, -0.05) is 37.8 Å². The monoisotopic (exact) mass is 569 g/mol. The molecule has 0 N–H and O–H groups in total. The Bertz CT molecular complexity index is 912. The summed E-state index contributed by atoms with van der Waals surface area (Å²) in [6, 6.07) is 11.1. The van der Waals surface area contributed by atoms with Crippen LogP contribution in [0.3, 0.4) is 0 Å². The Hall–Kier alpha value is -0.346. The molecule has 0 radical (unpaired) electrons. The minimum atomic E-state index is -2.79. The van der Waals surface area contributed by atoms with Crippen molar-refractivity contribution in [3.05, 3.63) is 30.6 Å². The Morgan fingerprint density at radius 1 is 0.686 bits per heavy atom. The summed E-state index contributed by atoms with van der Waals surface area (Å²) >= 11 is 0. The molecule has 0 saturated heterocycles. The molecule has 0 aliphatic rings. The topological polar surface area (TPSA) is 36.5 Å². The molecule has 0 saturated carbocycles. The third-order valence-corrected chi connectivity index (χ3v) is 19.3. The first-order valence-corrected chi connectivity index (χ1v) is 29.2. The third-order valence-electron chi connectivity index (χ3n) is 5.37. The van der Waals surface area contributed by atoms with Gasteiger partial charge in [0.25, 0.3) is 0 Å². The maximum Gasteiger partial charge on any atom is 0.469 e. The molecule has 0 fully saturated rings. The molecule has 0 bridgehead atoms. The van der Waals surface area contributed by atoms with E-state index in [2.05, 4.69) is 118 Å². The smallest absolute Gasteiger partial charge is 0.417 e. The molecule has 2 aromatic rings. The number of hydrogen-bond acceptors (Lipinski definition) is 3. The van der Waals surface area contributed by atoms with Gasteiger partial charge in [-0.2, -0.15) is 0 Å². The summed E-state index contributed by atoms with van der Waals surface area (Å²) in [7, 11) is -9.34. The van der Waals surface area contributed by atoms with Gasteiger partial charge < -0.3 is 12.3 Å². The van der Waals surface area contributed by atoms with E-state index in [1.165, 1.54) is 23.5 Å². The van der Waals surface area contributed by atoms with Crippen LogP contribution in [0.25, 0.3) is 11.0 Å². The van der Waals surface area contributed by atoms with Crippen molar-refractivity contribution >= 4 is 52.9 Å². The average Bonchev–Trinajstić information content (AvgIpc) is 2.94. The second kappa shape index (κ2) is 11.6. The summed E-state index contributed by atoms with van der Waals surface area (Å²) in [6.07, 6.45) is 4.58. The Morgan fingerprint density at radius 2 is 1.20 bits per heavy atom. The van der Waals surface area contributed by atoms with Crippen molar-refractivity contribution in [1.82, 2.24) is 4.57 Å². The molecule has 0 unspecified atom stereocenters. The van der Waals surface area contributed by atoms with Crippen LogP contribution in [0, 0.1) is 0 Å². The minimum absolute atomic E-state index is 0.883. The van der Waals surface area contributed by atoms with Gasteiger partial charge in [-0.15, -0.1) is 0 Å². The van der Waals surface area contributed by atoms with Gasteiger partial charge in [-0.05, 0) is 83.9 Å². The standard InChI is InChI=1S/C25H53N2O3Si5/c1-31(2,3)21-15-19-26-23-27(25-18-14-13-17-24(25)26)20-16-22-35(28-32(4,5)6,29-33(7,8)9)30-34(10,11)12/h13-14,17-18,23H,15-16,19-22H2,1-12H3/q+1. The lowest BCUT2D eigenvalue weighted by molar-refractivity contribution is -0.672. The van der Waals surface area contributed by atoms with Crippen LogP contribution < -0.4 is 4.57 Å². The summed E-state index contributed by atoms with van der Waals surface area (Å²) in [5, 5.41) is 0. The Morgan fingerprint density at radius 3 is 1.69 bits per heavy atom. The lowest BCUT2D eigenvalue weighted by Crippen LogP contribution is -2.60. The van der Waals surface area contributed by atoms with Gasteiger partial charge in [-0.3, -0.25) is 0 Å². The summed E-state index contributed by atoms with van der Waals surface area (Å²) in [5.74, 6) is 0. The van der Waals surface area contributed by atoms with Gasteiger partial charge in [0.15, 0.2) is 36.0 Å². The van der Waals surface area contributed by atoms with Crippen LogP contribution in [-0.4, -0.2) is 46.4 Å². The van der Waals surface area contributed by atoms with Crippen molar-refractivity contribution in [2.24, 2.45) is 0 Å². The number of aryl methyl sites for hydroxylation is 2. The molecule has 0 aliphatic carbocycles. The second-order valence-corrected chi connectivity index (χ2v) is 36.7. The summed E-state index contributed by atoms with van der Waals surface area (Å²) < 4.78 is 25.5. The van der Waals surface area contributed by atoms with Gasteiger partial charge >= 0.3 is 8.80 Å². The first-order chi connectivity index (χ1) is 15.8. The molecule has 200 valence electrons. The SMILES string of the molecule is C[Si](C)(C)CCC[n+]1cn(CCC[Si](O[Si](C)(C)C)(O[Si](C)(C)C)O[Si](C)(C)C)c2ccccc21. The highest BCUT2D eigenvalue weighted by molar-refractivity contribution is 6.90. The van der Waals surface area contributed by atoms with Crippen molar-refractivity contribution < 1.29 is 16.9 Å². The second-order valence-electron chi connectivity index (χ2n) is 14.1. The molecule has 10 heteroatoms. The molecule has 35 heavy (non-hydrogen) atoms. The maximum absolute atomic E-state index is 6.89. The Labute approximate surface area is 221 Å². The van der Waals surface area contributed by atoms with Crippen LogP contribution in [-0.2, 0) is 25.4 Å². The Balaban J connectivity index is 2.26. The minimum Gasteiger partial charge on any atom is -0.417 e. The molecule has 0 aliphatic heterocycles. The highest BCUT2D eigenvalue weighted by Crippen LogP contribution is 2.30. The Kier molecular flexibility index (Phi) is 10.2. The average molecular weight is 570 g/mol. The molecular formula is C25H53N2O3Si5+. The van der Waals surface area contributed by atoms with E-state index in [1.54, 1.807) is 0 Å². The van der Waals surface area contributed by atoms with Crippen molar-refractivity contribution in [2.75, 3.05) is 0 Å². The number of nitrogens with zero attached hydrogens (tertiary/aromatic N) is 2. The molecule has 1 aromatic heterocycles. The molecular weight excluding hydrogens is 517 g/mol. The van der Waals surface area contributed by atoms with E-state index in [4.69, 9.17) is 12.3 Å². The van der Waals surface area contributed by atoms with Crippen LogP contribution in [0.4, 0.5) is 0 Å². The van der Waals surface area contributed by atoms with Crippen LogP contribution >= 0.6 is 0 Å². The van der Waals surface area contributed by atoms with Crippen LogP contribution in [0.2, 0.25) is 90.7 Å². The third kappa shape index (κ3) is 11.3. The van der Waals surface area contributed by atoms with Crippen molar-refractivity contribution in [1.29, 1.82) is 0 Å². The molecule has 1 heterocycles. The molecule has 0 spiro atoms. The predicted molar refractivity (Wildman–Crippen MR) is 163 cm³/mol. The van der Waals surface area contributed by atoms with E-state index in [-0.39, 0.29) is 0 Å². The van der Waals surface area contributed by atoms with E-state index in [0.29, 0.717) is 0 Å². The molecule has 1 aromatic carbocycles. The quantitative estimate of drug-likeness (QED) is 0.174. The zero-order chi connectivity index (χ0) is 26.7. The number of fused-ring (bicyclic) bond motifs is 1. The lowest BCUT2D eigenvalue weighted by Gasteiger charge is -2.42. The molecule has 0 amide bonds. The van der Waals surface area contributed by atoms with Gasteiger partial charge in [-0.25, -0.2) is 9.13 Å². The molecule has 2 rings (SSSR count). The number of hydrogen-bond donors (Lipinski definition) is 0. The van der Waals surface area contributed by atoms with Crippen LogP contribution in [0.15, 0.2) is 30.6 Å². The molecule has 5 nitrogen and oxygen atoms in total. The van der Waals surface area contributed by atoms with Gasteiger partial charge in [0, 0.05) is 14.1 Å². The maximum atomic E-state index is 6.89. The normalized spacial score (nSPS) is 14.2. The lowest BCUT2D eigenvalue weighted by atomic mass is 10.3. The van der Waals surface area contributed by atoms with E-state index in [1.807, 2.05) is 0 Å². The van der Waals surface area contributed by atoms with Gasteiger partial charge in [0.05, 0.1) is 13.1 Å². The van der Waals surface area contributed by atoms with Gasteiger partial charge in [0.1, 0.15) is 0 Å². The van der Waals surface area contributed by atoms with Gasteiger partial charge in [0.2, 0.25) is 6.33 Å². The largest absolute Gasteiger partial charge is 0.469 e. The van der Waals surface area contributed by atoms with E-state index >= 15 is 0 Å². The number of benzene rings is 1. The first-order valence-electron chi connectivity index (χ1n) is 13.4. The fraction of sp³-hybridized carbons (Fsp3) is 0.720. The zero-order valence-corrected chi connectivity index (χ0v) is 29.7. The first kappa shape index (κ1) is 30.9. The van der Waals surface area contributed by atoms with Crippen molar-refractivity contribution in [3.8, 4) is 0 Å². The summed E-state index contributed by atoms with van der Waals surface area (Å²) in [5.41, 5.74) is 2.65. The predicted octanol–water partition coefficient (Wildman–Crippen LogP) is 7.54. The molecule has 0 atom stereocenters. The highest BCUT2D eigenvalue weighted by Gasteiger charge is 2.49. The summed E-state index contributed by atoms with van der Waals surface area (Å²) in [4.78, 5) is 0. The van der Waals surface area contributed by atoms with Crippen LogP contribution in [0.5, 0.6) is 0 Å². The van der Waals surface area contributed by atoms with Crippen molar-refractivity contribution in [2.45, 2.75) is 117 Å². The van der Waals surface area contributed by atoms with E-state index < -0.39 is 41.8 Å². The van der Waals surface area contributed by atoms with E-state index in [9.17, 15) is 0 Å². The fourth-order valence-electron chi connectivity index (χ4n) is 4.46. The number of aromatic nitrogens is 2. The highest BCUT2D eigenvalue weighted by atomic mass is 28.5. The fourth-order valence-corrected chi connectivity index (χ4v) is 20.3. The number of para-hydroxylation sites is 2. The van der Waals surface area contributed by atoms with Crippen molar-refractivity contribution in [3.63, 3.8) is 0 Å². The van der Waals surface area contributed by atoms with Crippen LogP contribution in [0.1, 0.15) is 12.8 Å². The van der Waals surface area contributed by atoms with E-state index in [0.717, 1.165) is 25.6 Å².